The van der Waals surface area contributed by atoms with Crippen LogP contribution in [0.4, 0.5) is 0 Å². The van der Waals surface area contributed by atoms with Crippen molar-refractivity contribution in [3.63, 3.8) is 0 Å². The summed E-state index contributed by atoms with van der Waals surface area (Å²) in [7, 11) is 0. The van der Waals surface area contributed by atoms with Gasteiger partial charge in [-0.25, -0.2) is 9.97 Å². The van der Waals surface area contributed by atoms with Gasteiger partial charge in [0.1, 0.15) is 11.5 Å². The Labute approximate surface area is 181 Å². The first kappa shape index (κ1) is 19.5. The van der Waals surface area contributed by atoms with Crippen LogP contribution in [0.15, 0.2) is 42.5 Å². The second-order valence-electron chi connectivity index (χ2n) is 10.3. The number of H-pyrrole nitrogens is 3. The highest BCUT2D eigenvalue weighted by atomic mass is 15.1. The minimum atomic E-state index is -0.0104. The topological polar surface area (TPSA) is 86.0 Å². The molecule has 3 N–H and O–H groups in total. The number of rotatable bonds is 2. The van der Waals surface area contributed by atoms with Crippen LogP contribution in [-0.4, -0.2) is 30.1 Å². The SMILES string of the molecule is CC(C)(C)c1cc(-c2nc3ccc(-c4ccc5nc(C(C)(C)C)[nH]c5c4)cc3[nH]2)n[nH]1. The summed E-state index contributed by atoms with van der Waals surface area (Å²) in [5.74, 6) is 1.78. The molecule has 2 aromatic carbocycles. The van der Waals surface area contributed by atoms with Crippen LogP contribution in [0.2, 0.25) is 0 Å². The van der Waals surface area contributed by atoms with E-state index in [9.17, 15) is 0 Å². The molecule has 6 nitrogen and oxygen atoms in total. The van der Waals surface area contributed by atoms with Gasteiger partial charge in [-0.2, -0.15) is 5.10 Å². The van der Waals surface area contributed by atoms with Crippen molar-refractivity contribution in [1.29, 1.82) is 0 Å². The van der Waals surface area contributed by atoms with E-state index in [-0.39, 0.29) is 10.8 Å². The van der Waals surface area contributed by atoms with Crippen molar-refractivity contribution < 1.29 is 0 Å². The zero-order valence-electron chi connectivity index (χ0n) is 18.9. The van der Waals surface area contributed by atoms with Gasteiger partial charge in [0.15, 0.2) is 5.82 Å². The van der Waals surface area contributed by atoms with Gasteiger partial charge in [0, 0.05) is 16.5 Å². The van der Waals surface area contributed by atoms with Gasteiger partial charge in [0.2, 0.25) is 0 Å². The molecule has 0 spiro atoms. The van der Waals surface area contributed by atoms with Gasteiger partial charge in [-0.05, 0) is 41.5 Å². The molecule has 6 heteroatoms. The lowest BCUT2D eigenvalue weighted by Crippen LogP contribution is -2.12. The maximum absolute atomic E-state index is 4.74. The fraction of sp³-hybridized carbons (Fsp3) is 0.320. The van der Waals surface area contributed by atoms with Crippen molar-refractivity contribution >= 4 is 22.1 Å². The highest BCUT2D eigenvalue weighted by Crippen LogP contribution is 2.30. The largest absolute Gasteiger partial charge is 0.342 e. The van der Waals surface area contributed by atoms with Crippen LogP contribution < -0.4 is 0 Å². The second-order valence-corrected chi connectivity index (χ2v) is 10.3. The van der Waals surface area contributed by atoms with E-state index in [2.05, 4.69) is 104 Å². The van der Waals surface area contributed by atoms with E-state index >= 15 is 0 Å². The van der Waals surface area contributed by atoms with E-state index in [1.54, 1.807) is 0 Å². The summed E-state index contributed by atoms with van der Waals surface area (Å²) in [5, 5.41) is 7.59. The normalized spacial score (nSPS) is 12.8. The number of aromatic nitrogens is 6. The number of benzene rings is 2. The average Bonchev–Trinajstić information content (AvgIpc) is 3.41. The van der Waals surface area contributed by atoms with Crippen LogP contribution in [0.3, 0.4) is 0 Å². The molecule has 0 fully saturated rings. The molecule has 0 aliphatic heterocycles. The lowest BCUT2D eigenvalue weighted by atomic mass is 9.92. The van der Waals surface area contributed by atoms with Gasteiger partial charge in [0.25, 0.3) is 0 Å². The molecule has 5 rings (SSSR count). The van der Waals surface area contributed by atoms with Crippen LogP contribution in [0.5, 0.6) is 0 Å². The summed E-state index contributed by atoms with van der Waals surface area (Å²) in [6, 6.07) is 14.7. The van der Waals surface area contributed by atoms with E-state index in [0.29, 0.717) is 0 Å². The Hall–Kier alpha value is -3.41. The smallest absolute Gasteiger partial charge is 0.159 e. The predicted octanol–water partition coefficient (Wildman–Crippen LogP) is 6.09. The predicted molar refractivity (Wildman–Crippen MR) is 126 cm³/mol. The first-order valence-electron chi connectivity index (χ1n) is 10.6. The highest BCUT2D eigenvalue weighted by Gasteiger charge is 2.19. The number of hydrogen-bond acceptors (Lipinski definition) is 3. The molecule has 3 aromatic heterocycles. The van der Waals surface area contributed by atoms with Gasteiger partial charge in [0.05, 0.1) is 22.1 Å². The average molecular weight is 413 g/mol. The Balaban J connectivity index is 1.52. The zero-order valence-corrected chi connectivity index (χ0v) is 18.9. The van der Waals surface area contributed by atoms with Crippen LogP contribution in [0.25, 0.3) is 44.7 Å². The van der Waals surface area contributed by atoms with Crippen molar-refractivity contribution in [1.82, 2.24) is 30.1 Å². The highest BCUT2D eigenvalue weighted by molar-refractivity contribution is 5.87. The molecule has 0 saturated carbocycles. The Kier molecular flexibility index (Phi) is 4.13. The summed E-state index contributed by atoms with van der Waals surface area (Å²) < 4.78 is 0. The van der Waals surface area contributed by atoms with Gasteiger partial charge in [-0.3, -0.25) is 5.10 Å². The molecule has 3 heterocycles. The number of nitrogens with one attached hydrogen (secondary N) is 3. The molecular formula is C25H28N6. The van der Waals surface area contributed by atoms with Crippen molar-refractivity contribution in [3.05, 3.63) is 54.0 Å². The molecule has 0 unspecified atom stereocenters. The van der Waals surface area contributed by atoms with Crippen molar-refractivity contribution in [2.24, 2.45) is 0 Å². The fourth-order valence-electron chi connectivity index (χ4n) is 3.68. The number of fused-ring (bicyclic) bond motifs is 2. The van der Waals surface area contributed by atoms with E-state index in [4.69, 9.17) is 9.97 Å². The third kappa shape index (κ3) is 3.52. The second kappa shape index (κ2) is 6.54. The number of imidazole rings is 2. The first-order chi connectivity index (χ1) is 14.6. The minimum Gasteiger partial charge on any atom is -0.342 e. The van der Waals surface area contributed by atoms with Crippen LogP contribution in [0, 0.1) is 0 Å². The molecule has 0 saturated heterocycles. The zero-order chi connectivity index (χ0) is 22.0. The van der Waals surface area contributed by atoms with Crippen molar-refractivity contribution in [2.45, 2.75) is 52.4 Å². The Bertz CT molecular complexity index is 1400. The molecule has 0 amide bonds. The Morgan fingerprint density at radius 2 is 1.29 bits per heavy atom. The molecule has 0 aliphatic rings. The molecule has 0 bridgehead atoms. The minimum absolute atomic E-state index is 0.0104. The lowest BCUT2D eigenvalue weighted by molar-refractivity contribution is 0.554. The van der Waals surface area contributed by atoms with Crippen molar-refractivity contribution in [2.75, 3.05) is 0 Å². The fourth-order valence-corrected chi connectivity index (χ4v) is 3.68. The van der Waals surface area contributed by atoms with E-state index in [1.165, 1.54) is 0 Å². The number of hydrogen-bond donors (Lipinski definition) is 3. The standard InChI is InChI=1S/C25H28N6/c1-24(2,3)21-13-20(30-31-21)22-26-16-9-7-14(11-18(16)27-22)15-8-10-17-19(12-15)29-23(28-17)25(4,5)6/h7-13H,1-6H3,(H,26,27)(H,28,29)(H,30,31). The van der Waals surface area contributed by atoms with Crippen molar-refractivity contribution in [3.8, 4) is 22.6 Å². The van der Waals surface area contributed by atoms with E-state index in [0.717, 1.165) is 56.2 Å². The molecule has 0 radical (unpaired) electrons. The first-order valence-corrected chi connectivity index (χ1v) is 10.6. The summed E-state index contributed by atoms with van der Waals surface area (Å²) in [5.41, 5.74) is 8.17. The Morgan fingerprint density at radius 1 is 0.677 bits per heavy atom. The van der Waals surface area contributed by atoms with Crippen LogP contribution >= 0.6 is 0 Å². The maximum Gasteiger partial charge on any atom is 0.159 e. The maximum atomic E-state index is 4.74. The van der Waals surface area contributed by atoms with Gasteiger partial charge >= 0.3 is 0 Å². The van der Waals surface area contributed by atoms with E-state index in [1.807, 2.05) is 0 Å². The summed E-state index contributed by atoms with van der Waals surface area (Å²) in [4.78, 5) is 16.4. The monoisotopic (exact) mass is 412 g/mol. The third-order valence-electron chi connectivity index (χ3n) is 5.64. The third-order valence-corrected chi connectivity index (χ3v) is 5.64. The number of aromatic amines is 3. The summed E-state index contributed by atoms with van der Waals surface area (Å²) >= 11 is 0. The molecule has 5 aromatic rings. The van der Waals surface area contributed by atoms with Gasteiger partial charge < -0.3 is 9.97 Å². The molecule has 158 valence electrons. The van der Waals surface area contributed by atoms with Crippen LogP contribution in [-0.2, 0) is 10.8 Å². The van der Waals surface area contributed by atoms with Gasteiger partial charge in [-0.15, -0.1) is 0 Å². The van der Waals surface area contributed by atoms with Crippen LogP contribution in [0.1, 0.15) is 53.1 Å². The Morgan fingerprint density at radius 3 is 1.87 bits per heavy atom. The lowest BCUT2D eigenvalue weighted by Gasteiger charge is -2.14. The quantitative estimate of drug-likeness (QED) is 0.328. The molecular weight excluding hydrogens is 384 g/mol. The molecule has 0 aliphatic carbocycles. The molecule has 31 heavy (non-hydrogen) atoms. The summed E-state index contributed by atoms with van der Waals surface area (Å²) in [6.45, 7) is 13.0. The summed E-state index contributed by atoms with van der Waals surface area (Å²) in [6.07, 6.45) is 0. The van der Waals surface area contributed by atoms with E-state index < -0.39 is 0 Å². The van der Waals surface area contributed by atoms with Gasteiger partial charge in [-0.1, -0.05) is 53.7 Å². The number of nitrogens with zero attached hydrogens (tertiary/aromatic N) is 3. The molecule has 0 atom stereocenters.